The van der Waals surface area contributed by atoms with Gasteiger partial charge in [0.05, 0.1) is 16.9 Å². The van der Waals surface area contributed by atoms with Crippen molar-refractivity contribution in [1.82, 2.24) is 0 Å². The number of carbonyl (C=O) groups is 1. The first-order chi connectivity index (χ1) is 13.6. The van der Waals surface area contributed by atoms with E-state index in [1.807, 2.05) is 32.0 Å². The molecule has 2 aromatic rings. The summed E-state index contributed by atoms with van der Waals surface area (Å²) >= 11 is 6.10. The van der Waals surface area contributed by atoms with E-state index in [1.165, 1.54) is 6.07 Å². The predicted molar refractivity (Wildman–Crippen MR) is 114 cm³/mol. The van der Waals surface area contributed by atoms with Crippen LogP contribution in [0.25, 0.3) is 0 Å². The number of hydrogen-bond donors (Lipinski definition) is 1. The number of para-hydroxylation sites is 1. The fourth-order valence-electron chi connectivity index (χ4n) is 4.92. The standard InChI is InChI=1S/C22H24ClNO4S/c1-21(2)15-10-11-22(21,20(25)12-15)14-29(26,27)24-18-13-16(23)8-9-19(18)28-17-6-4-3-5-7-17/h3-9,13,15,24H,10-12,14H2,1-2H3. The first kappa shape index (κ1) is 20.2. The van der Waals surface area contributed by atoms with E-state index >= 15 is 0 Å². The molecule has 0 radical (unpaired) electrons. The molecule has 0 saturated heterocycles. The van der Waals surface area contributed by atoms with Gasteiger partial charge >= 0.3 is 0 Å². The average molecular weight is 434 g/mol. The van der Waals surface area contributed by atoms with Gasteiger partial charge in [-0.2, -0.15) is 0 Å². The lowest BCUT2D eigenvalue weighted by Crippen LogP contribution is -2.43. The summed E-state index contributed by atoms with van der Waals surface area (Å²) in [6.45, 7) is 4.04. The molecule has 0 amide bonds. The first-order valence-corrected chi connectivity index (χ1v) is 11.7. The van der Waals surface area contributed by atoms with Crippen LogP contribution < -0.4 is 9.46 Å². The van der Waals surface area contributed by atoms with Gasteiger partial charge in [-0.3, -0.25) is 9.52 Å². The number of sulfonamides is 1. The molecule has 2 saturated carbocycles. The molecule has 0 spiro atoms. The highest BCUT2D eigenvalue weighted by molar-refractivity contribution is 7.92. The zero-order valence-corrected chi connectivity index (χ0v) is 18.0. The molecular formula is C22H24ClNO4S. The summed E-state index contributed by atoms with van der Waals surface area (Å²) in [6, 6.07) is 13.9. The zero-order valence-electron chi connectivity index (χ0n) is 16.4. The van der Waals surface area contributed by atoms with Crippen LogP contribution in [0.3, 0.4) is 0 Å². The van der Waals surface area contributed by atoms with Crippen LogP contribution in [0.4, 0.5) is 5.69 Å². The number of halogens is 1. The van der Waals surface area contributed by atoms with E-state index in [9.17, 15) is 13.2 Å². The van der Waals surface area contributed by atoms with Gasteiger partial charge in [0.25, 0.3) is 0 Å². The Morgan fingerprint density at radius 2 is 1.90 bits per heavy atom. The molecule has 0 aliphatic heterocycles. The van der Waals surface area contributed by atoms with Gasteiger partial charge in [-0.05, 0) is 54.5 Å². The Morgan fingerprint density at radius 3 is 2.52 bits per heavy atom. The zero-order chi connectivity index (χ0) is 20.9. The quantitative estimate of drug-likeness (QED) is 0.673. The van der Waals surface area contributed by atoms with E-state index in [0.29, 0.717) is 29.4 Å². The Labute approximate surface area is 176 Å². The minimum absolute atomic E-state index is 0.0657. The summed E-state index contributed by atoms with van der Waals surface area (Å²) in [5.41, 5.74) is -0.894. The van der Waals surface area contributed by atoms with E-state index < -0.39 is 15.4 Å². The topological polar surface area (TPSA) is 72.5 Å². The van der Waals surface area contributed by atoms with Gasteiger partial charge in [0.2, 0.25) is 10.0 Å². The maximum absolute atomic E-state index is 13.1. The fraction of sp³-hybridized carbons (Fsp3) is 0.409. The van der Waals surface area contributed by atoms with Crippen LogP contribution in [0.5, 0.6) is 11.5 Å². The molecule has 2 aliphatic rings. The summed E-state index contributed by atoms with van der Waals surface area (Å²) in [7, 11) is -3.81. The molecule has 0 heterocycles. The number of Topliss-reactive ketones (excluding diaryl/α,β-unsaturated/α-hetero) is 1. The molecule has 2 bridgehead atoms. The number of hydrogen-bond acceptors (Lipinski definition) is 4. The van der Waals surface area contributed by atoms with E-state index in [4.69, 9.17) is 16.3 Å². The number of ether oxygens (including phenoxy) is 1. The second-order valence-corrected chi connectivity index (χ2v) is 10.7. The van der Waals surface area contributed by atoms with Gasteiger partial charge in [0, 0.05) is 11.4 Å². The number of anilines is 1. The van der Waals surface area contributed by atoms with Gasteiger partial charge in [-0.1, -0.05) is 43.6 Å². The minimum Gasteiger partial charge on any atom is -0.455 e. The number of carbonyl (C=O) groups excluding carboxylic acids is 1. The summed E-state index contributed by atoms with van der Waals surface area (Å²) in [6.07, 6.45) is 1.99. The van der Waals surface area contributed by atoms with Crippen LogP contribution in [-0.2, 0) is 14.8 Å². The van der Waals surface area contributed by atoms with Gasteiger partial charge in [-0.25, -0.2) is 8.42 Å². The number of benzene rings is 2. The van der Waals surface area contributed by atoms with Crippen LogP contribution >= 0.6 is 11.6 Å². The molecule has 29 heavy (non-hydrogen) atoms. The molecule has 2 fully saturated rings. The van der Waals surface area contributed by atoms with Crippen molar-refractivity contribution < 1.29 is 17.9 Å². The Bertz CT molecular complexity index is 1050. The van der Waals surface area contributed by atoms with Gasteiger partial charge in [0.1, 0.15) is 11.5 Å². The average Bonchev–Trinajstić information content (AvgIpc) is 2.98. The van der Waals surface area contributed by atoms with Crippen LogP contribution in [0.2, 0.25) is 5.02 Å². The second kappa shape index (κ2) is 7.03. The van der Waals surface area contributed by atoms with Crippen molar-refractivity contribution in [3.8, 4) is 11.5 Å². The molecule has 5 nitrogen and oxygen atoms in total. The van der Waals surface area contributed by atoms with Crippen LogP contribution in [-0.4, -0.2) is 20.0 Å². The Morgan fingerprint density at radius 1 is 1.17 bits per heavy atom. The van der Waals surface area contributed by atoms with Crippen LogP contribution in [0, 0.1) is 16.7 Å². The smallest absolute Gasteiger partial charge is 0.233 e. The number of fused-ring (bicyclic) bond motifs is 2. The number of nitrogens with one attached hydrogen (secondary N) is 1. The monoisotopic (exact) mass is 433 g/mol. The molecule has 0 aromatic heterocycles. The van der Waals surface area contributed by atoms with E-state index in [-0.39, 0.29) is 28.6 Å². The normalized spacial score (nSPS) is 25.2. The molecule has 154 valence electrons. The lowest BCUT2D eigenvalue weighted by Gasteiger charge is -2.36. The number of ketones is 1. The molecule has 7 heteroatoms. The van der Waals surface area contributed by atoms with Crippen molar-refractivity contribution in [2.75, 3.05) is 10.5 Å². The van der Waals surface area contributed by atoms with Crippen molar-refractivity contribution in [3.63, 3.8) is 0 Å². The first-order valence-electron chi connectivity index (χ1n) is 9.69. The Kier molecular flexibility index (Phi) is 4.90. The molecule has 4 rings (SSSR count). The van der Waals surface area contributed by atoms with Crippen molar-refractivity contribution in [1.29, 1.82) is 0 Å². The lowest BCUT2D eigenvalue weighted by atomic mass is 9.70. The summed E-state index contributed by atoms with van der Waals surface area (Å²) < 4.78 is 34.7. The summed E-state index contributed by atoms with van der Waals surface area (Å²) in [4.78, 5) is 12.7. The maximum atomic E-state index is 13.1. The van der Waals surface area contributed by atoms with Crippen LogP contribution in [0.15, 0.2) is 48.5 Å². The van der Waals surface area contributed by atoms with Gasteiger partial charge < -0.3 is 4.74 Å². The van der Waals surface area contributed by atoms with E-state index in [0.717, 1.165) is 6.42 Å². The number of rotatable bonds is 6. The molecule has 2 aliphatic carbocycles. The summed E-state index contributed by atoms with van der Waals surface area (Å²) in [5.74, 6) is 1.03. The van der Waals surface area contributed by atoms with Gasteiger partial charge in [-0.15, -0.1) is 0 Å². The third-order valence-corrected chi connectivity index (χ3v) is 8.39. The van der Waals surface area contributed by atoms with E-state index in [2.05, 4.69) is 4.72 Å². The minimum atomic E-state index is -3.81. The van der Waals surface area contributed by atoms with Crippen LogP contribution in [0.1, 0.15) is 33.1 Å². The Hall–Kier alpha value is -2.05. The second-order valence-electron chi connectivity index (χ2n) is 8.58. The molecule has 1 N–H and O–H groups in total. The predicted octanol–water partition coefficient (Wildman–Crippen LogP) is 5.27. The van der Waals surface area contributed by atoms with Crippen molar-refractivity contribution in [3.05, 3.63) is 53.6 Å². The molecule has 2 aromatic carbocycles. The third-order valence-electron chi connectivity index (χ3n) is 6.75. The van der Waals surface area contributed by atoms with Crippen molar-refractivity contribution in [2.45, 2.75) is 33.1 Å². The summed E-state index contributed by atoms with van der Waals surface area (Å²) in [5, 5.41) is 0.388. The molecule has 2 atom stereocenters. The maximum Gasteiger partial charge on any atom is 0.233 e. The fourth-order valence-corrected chi connectivity index (χ4v) is 6.99. The molecular weight excluding hydrogens is 410 g/mol. The highest BCUT2D eigenvalue weighted by Crippen LogP contribution is 2.64. The SMILES string of the molecule is CC1(C)C2CCC1(CS(=O)(=O)Nc1cc(Cl)ccc1Oc1ccccc1)C(=O)C2. The van der Waals surface area contributed by atoms with Crippen molar-refractivity contribution >= 4 is 33.1 Å². The largest absolute Gasteiger partial charge is 0.455 e. The third kappa shape index (κ3) is 3.53. The highest BCUT2D eigenvalue weighted by atomic mass is 35.5. The lowest BCUT2D eigenvalue weighted by molar-refractivity contribution is -0.128. The Balaban J connectivity index is 1.62. The molecule has 2 unspecified atom stereocenters. The highest BCUT2D eigenvalue weighted by Gasteiger charge is 2.65. The van der Waals surface area contributed by atoms with E-state index in [1.54, 1.807) is 24.3 Å². The van der Waals surface area contributed by atoms with Gasteiger partial charge in [0.15, 0.2) is 5.75 Å². The van der Waals surface area contributed by atoms with Crippen molar-refractivity contribution in [2.24, 2.45) is 16.7 Å².